The molecule has 4 aliphatic rings. The van der Waals surface area contributed by atoms with Crippen LogP contribution in [-0.2, 0) is 0 Å². The van der Waals surface area contributed by atoms with E-state index in [0.717, 1.165) is 22.8 Å². The highest BCUT2D eigenvalue weighted by Crippen LogP contribution is 2.52. The van der Waals surface area contributed by atoms with Crippen LogP contribution in [0.25, 0.3) is 0 Å². The van der Waals surface area contributed by atoms with Gasteiger partial charge in [0, 0.05) is 11.1 Å². The molecular formula is C16H27N3S2. The summed E-state index contributed by atoms with van der Waals surface area (Å²) in [4.78, 5) is 2.47. The third-order valence-corrected chi connectivity index (χ3v) is 7.57. The van der Waals surface area contributed by atoms with Crippen LogP contribution in [0, 0.1) is 11.8 Å². The van der Waals surface area contributed by atoms with Gasteiger partial charge in [0.15, 0.2) is 5.11 Å². The summed E-state index contributed by atoms with van der Waals surface area (Å²) >= 11 is 7.30. The van der Waals surface area contributed by atoms with Crippen molar-refractivity contribution in [3.05, 3.63) is 0 Å². The Bertz CT molecular complexity index is 423. The van der Waals surface area contributed by atoms with E-state index in [1.54, 1.807) is 0 Å². The molecule has 0 aromatic rings. The molecule has 0 heterocycles. The molecule has 0 aromatic carbocycles. The van der Waals surface area contributed by atoms with E-state index in [4.69, 9.17) is 17.4 Å². The summed E-state index contributed by atoms with van der Waals surface area (Å²) in [5, 5.41) is 10.6. The monoisotopic (exact) mass is 325 g/mol. The van der Waals surface area contributed by atoms with Gasteiger partial charge in [-0.3, -0.25) is 5.14 Å². The molecular weight excluding hydrogens is 298 g/mol. The Kier molecular flexibility index (Phi) is 3.66. The molecule has 0 aromatic heterocycles. The third-order valence-electron chi connectivity index (χ3n) is 6.84. The van der Waals surface area contributed by atoms with E-state index < -0.39 is 0 Å². The number of hydrogen-bond acceptors (Lipinski definition) is 3. The summed E-state index contributed by atoms with van der Waals surface area (Å²) in [6.45, 7) is 0. The third kappa shape index (κ3) is 2.40. The second kappa shape index (κ2) is 5.27. The fraction of sp³-hybridized carbons (Fsp3) is 0.938. The Morgan fingerprint density at radius 2 is 1.71 bits per heavy atom. The molecule has 4 rings (SSSR count). The number of rotatable bonds is 4. The minimum absolute atomic E-state index is 0.326. The first-order valence-electron chi connectivity index (χ1n) is 8.56. The van der Waals surface area contributed by atoms with E-state index in [-0.39, 0.29) is 0 Å². The molecule has 0 saturated heterocycles. The van der Waals surface area contributed by atoms with Crippen molar-refractivity contribution < 1.29 is 0 Å². The van der Waals surface area contributed by atoms with E-state index in [1.807, 2.05) is 0 Å². The van der Waals surface area contributed by atoms with Crippen molar-refractivity contribution in [1.82, 2.24) is 10.2 Å². The lowest BCUT2D eigenvalue weighted by molar-refractivity contribution is 0.195. The maximum Gasteiger partial charge on any atom is 0.170 e. The fourth-order valence-electron chi connectivity index (χ4n) is 5.69. The highest BCUT2D eigenvalue weighted by atomic mass is 32.2. The average Bonchev–Trinajstić information content (AvgIpc) is 3.24. The minimum Gasteiger partial charge on any atom is -0.357 e. The highest BCUT2D eigenvalue weighted by Gasteiger charge is 2.51. The first kappa shape index (κ1) is 14.6. The summed E-state index contributed by atoms with van der Waals surface area (Å²) < 4.78 is 0. The zero-order chi connectivity index (χ0) is 14.5. The summed E-state index contributed by atoms with van der Waals surface area (Å²) in [6, 6.07) is 0. The first-order chi connectivity index (χ1) is 10.1. The normalized spacial score (nSPS) is 43.5. The molecule has 4 aliphatic carbocycles. The number of nitrogens with two attached hydrogens (primary N) is 1. The lowest BCUT2D eigenvalue weighted by Gasteiger charge is -2.44. The van der Waals surface area contributed by atoms with Crippen LogP contribution in [-0.4, -0.2) is 27.0 Å². The van der Waals surface area contributed by atoms with Crippen LogP contribution >= 0.6 is 24.2 Å². The van der Waals surface area contributed by atoms with Crippen LogP contribution < -0.4 is 10.5 Å². The van der Waals surface area contributed by atoms with Gasteiger partial charge in [0.25, 0.3) is 0 Å². The molecule has 0 unspecified atom stereocenters. The molecule has 0 radical (unpaired) electrons. The topological polar surface area (TPSA) is 41.3 Å². The largest absolute Gasteiger partial charge is 0.357 e. The van der Waals surface area contributed by atoms with Crippen molar-refractivity contribution in [1.29, 1.82) is 0 Å². The molecule has 4 saturated carbocycles. The van der Waals surface area contributed by atoms with E-state index in [1.165, 1.54) is 76.2 Å². The van der Waals surface area contributed by atoms with Gasteiger partial charge in [-0.05, 0) is 88.3 Å². The smallest absolute Gasteiger partial charge is 0.170 e. The van der Waals surface area contributed by atoms with Crippen molar-refractivity contribution in [2.24, 2.45) is 17.0 Å². The fourth-order valence-corrected chi connectivity index (χ4v) is 6.80. The van der Waals surface area contributed by atoms with Crippen molar-refractivity contribution in [3.8, 4) is 0 Å². The SMILES string of the molecule is NSCN(C(=S)NC12CCC(CC1)C2)C12CCC(CC1)C2. The van der Waals surface area contributed by atoms with Crippen molar-refractivity contribution >= 4 is 29.3 Å². The maximum absolute atomic E-state index is 5.87. The molecule has 118 valence electrons. The van der Waals surface area contributed by atoms with Crippen LogP contribution in [0.1, 0.15) is 64.2 Å². The molecule has 0 atom stereocenters. The van der Waals surface area contributed by atoms with E-state index in [0.29, 0.717) is 11.1 Å². The summed E-state index contributed by atoms with van der Waals surface area (Å²) in [7, 11) is 0. The molecule has 3 N–H and O–H groups in total. The predicted molar refractivity (Wildman–Crippen MR) is 92.8 cm³/mol. The van der Waals surface area contributed by atoms with E-state index >= 15 is 0 Å². The van der Waals surface area contributed by atoms with Crippen LogP contribution in [0.4, 0.5) is 0 Å². The predicted octanol–water partition coefficient (Wildman–Crippen LogP) is 3.39. The Balaban J connectivity index is 1.50. The van der Waals surface area contributed by atoms with Gasteiger partial charge in [0.05, 0.1) is 5.88 Å². The second-order valence-corrected chi connectivity index (χ2v) is 8.93. The highest BCUT2D eigenvalue weighted by molar-refractivity contribution is 7.97. The Labute approximate surface area is 137 Å². The molecule has 0 aliphatic heterocycles. The summed E-state index contributed by atoms with van der Waals surface area (Å²) in [6.07, 6.45) is 13.5. The van der Waals surface area contributed by atoms with Crippen LogP contribution in [0.5, 0.6) is 0 Å². The number of nitrogens with one attached hydrogen (secondary N) is 1. The molecule has 3 nitrogen and oxygen atoms in total. The lowest BCUT2D eigenvalue weighted by Crippen LogP contribution is -2.57. The molecule has 4 bridgehead atoms. The van der Waals surface area contributed by atoms with Crippen LogP contribution in [0.15, 0.2) is 0 Å². The van der Waals surface area contributed by atoms with Gasteiger partial charge >= 0.3 is 0 Å². The minimum atomic E-state index is 0.326. The summed E-state index contributed by atoms with van der Waals surface area (Å²) in [5.74, 6) is 2.75. The first-order valence-corrected chi connectivity index (χ1v) is 10.0. The van der Waals surface area contributed by atoms with Gasteiger partial charge in [-0.1, -0.05) is 11.9 Å². The standard InChI is InChI=1S/C16H27N3S2/c17-21-11-19(16-7-3-13(10-16)4-8-16)14(20)18-15-5-1-12(9-15)2-6-15/h12-13H,1-11,17H2,(H,18,20). The molecule has 5 heteroatoms. The molecule has 21 heavy (non-hydrogen) atoms. The number of nitrogens with zero attached hydrogens (tertiary/aromatic N) is 1. The molecule has 0 spiro atoms. The van der Waals surface area contributed by atoms with Crippen molar-refractivity contribution in [2.75, 3.05) is 5.88 Å². The second-order valence-electron chi connectivity index (χ2n) is 7.95. The van der Waals surface area contributed by atoms with Crippen molar-refractivity contribution in [3.63, 3.8) is 0 Å². The van der Waals surface area contributed by atoms with Crippen LogP contribution in [0.2, 0.25) is 0 Å². The van der Waals surface area contributed by atoms with Crippen molar-refractivity contribution in [2.45, 2.75) is 75.3 Å². The Morgan fingerprint density at radius 3 is 2.19 bits per heavy atom. The number of thiocarbonyl (C=S) groups is 1. The van der Waals surface area contributed by atoms with E-state index in [9.17, 15) is 0 Å². The van der Waals surface area contributed by atoms with Crippen LogP contribution in [0.3, 0.4) is 0 Å². The molecule has 0 amide bonds. The zero-order valence-electron chi connectivity index (χ0n) is 12.8. The van der Waals surface area contributed by atoms with Gasteiger partial charge in [-0.2, -0.15) is 0 Å². The van der Waals surface area contributed by atoms with Gasteiger partial charge < -0.3 is 10.2 Å². The zero-order valence-corrected chi connectivity index (χ0v) is 14.4. The lowest BCUT2D eigenvalue weighted by atomic mass is 9.92. The average molecular weight is 326 g/mol. The summed E-state index contributed by atoms with van der Waals surface area (Å²) in [5.41, 5.74) is 0.654. The Hall–Kier alpha value is -0.0000000000000000278. The van der Waals surface area contributed by atoms with E-state index in [2.05, 4.69) is 10.2 Å². The number of hydrogen-bond donors (Lipinski definition) is 2. The molecule has 4 fully saturated rings. The van der Waals surface area contributed by atoms with Gasteiger partial charge in [0.1, 0.15) is 0 Å². The van der Waals surface area contributed by atoms with Gasteiger partial charge in [0.2, 0.25) is 0 Å². The maximum atomic E-state index is 5.87. The van der Waals surface area contributed by atoms with Gasteiger partial charge in [-0.15, -0.1) is 0 Å². The quantitative estimate of drug-likeness (QED) is 0.471. The number of fused-ring (bicyclic) bond motifs is 4. The van der Waals surface area contributed by atoms with Gasteiger partial charge in [-0.25, -0.2) is 0 Å². The Morgan fingerprint density at radius 1 is 1.10 bits per heavy atom.